The third kappa shape index (κ3) is 4.81. The molecule has 2 aliphatic rings. The molecule has 8 heteroatoms. The minimum Gasteiger partial charge on any atom is -0.450 e. The molecule has 1 fully saturated rings. The third-order valence-corrected chi connectivity index (χ3v) is 7.02. The molecular weight excluding hydrogens is 452 g/mol. The van der Waals surface area contributed by atoms with E-state index in [0.29, 0.717) is 17.0 Å². The highest BCUT2D eigenvalue weighted by Gasteiger charge is 2.35. The van der Waals surface area contributed by atoms with Gasteiger partial charge in [-0.25, -0.2) is 0 Å². The van der Waals surface area contributed by atoms with Crippen molar-refractivity contribution >= 4 is 28.7 Å². The number of aryl methyl sites for hydroxylation is 1. The summed E-state index contributed by atoms with van der Waals surface area (Å²) >= 11 is 0. The van der Waals surface area contributed by atoms with Gasteiger partial charge in [-0.1, -0.05) is 13.0 Å². The lowest BCUT2D eigenvalue weighted by Crippen LogP contribution is -2.59. The first-order valence-corrected chi connectivity index (χ1v) is 12.5. The molecule has 0 bridgehead atoms. The highest BCUT2D eigenvalue weighted by molar-refractivity contribution is 6.01. The summed E-state index contributed by atoms with van der Waals surface area (Å²) in [7, 11) is 4.27. The number of likely N-dealkylation sites (N-methyl/N-ethyl adjacent to an activating group) is 1. The molecule has 0 aliphatic carbocycles. The number of nitrogens with one attached hydrogen (secondary N) is 2. The van der Waals surface area contributed by atoms with E-state index in [-0.39, 0.29) is 5.91 Å². The lowest BCUT2D eigenvalue weighted by atomic mass is 10.1. The van der Waals surface area contributed by atoms with Gasteiger partial charge in [0, 0.05) is 63.4 Å². The fraction of sp³-hybridized carbons (Fsp3) is 0.357. The SMILES string of the molecule is CCc1ccc(N(C)c2ccc(OC3(C)NC(=O)c4ccncc4N3)cc2)cc1N1CCN(C)CC1. The largest absolute Gasteiger partial charge is 0.450 e. The fourth-order valence-electron chi connectivity index (χ4n) is 4.84. The molecule has 0 radical (unpaired) electrons. The Morgan fingerprint density at radius 2 is 1.75 bits per heavy atom. The zero-order valence-electron chi connectivity index (χ0n) is 21.4. The maximum Gasteiger partial charge on any atom is 0.258 e. The van der Waals surface area contributed by atoms with E-state index >= 15 is 0 Å². The molecule has 3 aromatic rings. The summed E-state index contributed by atoms with van der Waals surface area (Å²) < 4.78 is 6.15. The molecule has 2 N–H and O–H groups in total. The normalized spacial score (nSPS) is 19.8. The van der Waals surface area contributed by atoms with Gasteiger partial charge in [0.05, 0.1) is 17.4 Å². The van der Waals surface area contributed by atoms with Crippen molar-refractivity contribution < 1.29 is 9.53 Å². The number of fused-ring (bicyclic) bond motifs is 1. The number of hydrogen-bond donors (Lipinski definition) is 2. The van der Waals surface area contributed by atoms with Crippen molar-refractivity contribution in [1.82, 2.24) is 15.2 Å². The summed E-state index contributed by atoms with van der Waals surface area (Å²) in [4.78, 5) is 23.7. The van der Waals surface area contributed by atoms with Crippen LogP contribution in [0.15, 0.2) is 60.9 Å². The number of carbonyl (C=O) groups excluding carboxylic acids is 1. The van der Waals surface area contributed by atoms with Gasteiger partial charge < -0.3 is 24.8 Å². The van der Waals surface area contributed by atoms with E-state index in [0.717, 1.165) is 44.0 Å². The minimum absolute atomic E-state index is 0.198. The lowest BCUT2D eigenvalue weighted by Gasteiger charge is -2.37. The van der Waals surface area contributed by atoms with Crippen LogP contribution < -0.4 is 25.2 Å². The molecule has 2 aliphatic heterocycles. The Morgan fingerprint density at radius 3 is 2.47 bits per heavy atom. The van der Waals surface area contributed by atoms with Gasteiger partial charge in [-0.15, -0.1) is 0 Å². The topological polar surface area (TPSA) is 73.0 Å². The van der Waals surface area contributed by atoms with E-state index in [9.17, 15) is 4.79 Å². The third-order valence-electron chi connectivity index (χ3n) is 7.02. The number of carbonyl (C=O) groups is 1. The highest BCUT2D eigenvalue weighted by atomic mass is 16.5. The molecule has 36 heavy (non-hydrogen) atoms. The van der Waals surface area contributed by atoms with E-state index in [1.165, 1.54) is 11.3 Å². The van der Waals surface area contributed by atoms with Gasteiger partial charge in [0.1, 0.15) is 5.75 Å². The molecule has 1 amide bonds. The second kappa shape index (κ2) is 9.70. The first-order valence-electron chi connectivity index (χ1n) is 12.5. The van der Waals surface area contributed by atoms with E-state index in [2.05, 4.69) is 69.5 Å². The molecule has 5 rings (SSSR count). The Bertz CT molecular complexity index is 1240. The van der Waals surface area contributed by atoms with Crippen molar-refractivity contribution in [2.45, 2.75) is 26.1 Å². The fourth-order valence-corrected chi connectivity index (χ4v) is 4.84. The van der Waals surface area contributed by atoms with Crippen LogP contribution in [0, 0.1) is 0 Å². The molecule has 8 nitrogen and oxygen atoms in total. The number of amides is 1. The second-order valence-corrected chi connectivity index (χ2v) is 9.65. The van der Waals surface area contributed by atoms with Crippen molar-refractivity contribution in [3.05, 3.63) is 72.1 Å². The number of benzene rings is 2. The Kier molecular flexibility index (Phi) is 6.45. The van der Waals surface area contributed by atoms with Gasteiger partial charge in [0.15, 0.2) is 0 Å². The number of rotatable bonds is 6. The summed E-state index contributed by atoms with van der Waals surface area (Å²) in [6.07, 6.45) is 4.25. The number of pyridine rings is 1. The Morgan fingerprint density at radius 1 is 1.03 bits per heavy atom. The molecule has 1 atom stereocenters. The molecular formula is C28H34N6O2. The molecule has 1 unspecified atom stereocenters. The number of piperazine rings is 1. The van der Waals surface area contributed by atoms with E-state index in [4.69, 9.17) is 4.74 Å². The van der Waals surface area contributed by atoms with Crippen LogP contribution in [0.1, 0.15) is 29.8 Å². The zero-order valence-corrected chi connectivity index (χ0v) is 21.4. The standard InChI is InChI=1S/C28H34N6O2/c1-5-20-6-7-22(18-26(20)34-16-14-32(3)15-17-34)33(4)21-8-10-23(11-9-21)36-28(2)30-25-19-29-13-12-24(25)27(35)31-28/h6-13,18-19,30H,5,14-17H2,1-4H3,(H,31,35). The molecule has 3 heterocycles. The predicted octanol–water partition coefficient (Wildman–Crippen LogP) is 4.07. The summed E-state index contributed by atoms with van der Waals surface area (Å²) in [5.41, 5.74) is 6.10. The van der Waals surface area contributed by atoms with Gasteiger partial charge in [-0.05, 0) is 61.5 Å². The van der Waals surface area contributed by atoms with Gasteiger partial charge >= 0.3 is 0 Å². The van der Waals surface area contributed by atoms with Crippen molar-refractivity contribution in [3.8, 4) is 5.75 Å². The van der Waals surface area contributed by atoms with Gasteiger partial charge in [0.25, 0.3) is 11.8 Å². The lowest BCUT2D eigenvalue weighted by molar-refractivity contribution is 0.0562. The first kappa shape index (κ1) is 23.9. The number of nitrogens with zero attached hydrogens (tertiary/aromatic N) is 4. The van der Waals surface area contributed by atoms with Crippen LogP contribution in [0.5, 0.6) is 5.75 Å². The average molecular weight is 487 g/mol. The van der Waals surface area contributed by atoms with Gasteiger partial charge in [-0.2, -0.15) is 0 Å². The first-order chi connectivity index (χ1) is 17.3. The smallest absolute Gasteiger partial charge is 0.258 e. The molecule has 0 spiro atoms. The molecule has 188 valence electrons. The Hall–Kier alpha value is -3.78. The maximum atomic E-state index is 12.5. The number of aromatic nitrogens is 1. The molecule has 1 aromatic heterocycles. The Labute approximate surface area is 212 Å². The molecule has 2 aromatic carbocycles. The van der Waals surface area contributed by atoms with Crippen LogP contribution in [-0.4, -0.2) is 61.9 Å². The van der Waals surface area contributed by atoms with Crippen molar-refractivity contribution in [2.75, 3.05) is 55.4 Å². The second-order valence-electron chi connectivity index (χ2n) is 9.65. The van der Waals surface area contributed by atoms with E-state index in [1.54, 1.807) is 25.4 Å². The predicted molar refractivity (Wildman–Crippen MR) is 144 cm³/mol. The van der Waals surface area contributed by atoms with Crippen LogP contribution in [-0.2, 0) is 6.42 Å². The summed E-state index contributed by atoms with van der Waals surface area (Å²) in [5.74, 6) is -0.626. The molecule has 0 saturated carbocycles. The number of hydrogen-bond acceptors (Lipinski definition) is 7. The van der Waals surface area contributed by atoms with Crippen LogP contribution in [0.3, 0.4) is 0 Å². The maximum absolute atomic E-state index is 12.5. The van der Waals surface area contributed by atoms with Crippen molar-refractivity contribution in [1.29, 1.82) is 0 Å². The van der Waals surface area contributed by atoms with Crippen LogP contribution in [0.4, 0.5) is 22.7 Å². The van der Waals surface area contributed by atoms with E-state index in [1.807, 2.05) is 24.3 Å². The average Bonchev–Trinajstić information content (AvgIpc) is 2.88. The van der Waals surface area contributed by atoms with Gasteiger partial charge in [0.2, 0.25) is 0 Å². The van der Waals surface area contributed by atoms with E-state index < -0.39 is 5.85 Å². The number of anilines is 4. The van der Waals surface area contributed by atoms with Crippen molar-refractivity contribution in [3.63, 3.8) is 0 Å². The zero-order chi connectivity index (χ0) is 25.3. The number of ether oxygens (including phenoxy) is 1. The summed E-state index contributed by atoms with van der Waals surface area (Å²) in [6.45, 7) is 8.27. The van der Waals surface area contributed by atoms with Crippen LogP contribution in [0.25, 0.3) is 0 Å². The monoisotopic (exact) mass is 486 g/mol. The quantitative estimate of drug-likeness (QED) is 0.544. The summed E-state index contributed by atoms with van der Waals surface area (Å²) in [6, 6.07) is 16.3. The minimum atomic E-state index is -1.08. The summed E-state index contributed by atoms with van der Waals surface area (Å²) in [5, 5.41) is 6.13. The van der Waals surface area contributed by atoms with Crippen LogP contribution >= 0.6 is 0 Å². The Balaban J connectivity index is 1.32. The highest BCUT2D eigenvalue weighted by Crippen LogP contribution is 2.33. The van der Waals surface area contributed by atoms with Crippen molar-refractivity contribution in [2.24, 2.45) is 0 Å². The van der Waals surface area contributed by atoms with Gasteiger partial charge in [-0.3, -0.25) is 15.1 Å². The van der Waals surface area contributed by atoms with Crippen LogP contribution in [0.2, 0.25) is 0 Å². The molecule has 1 saturated heterocycles.